The van der Waals surface area contributed by atoms with Crippen molar-refractivity contribution >= 4 is 22.9 Å². The largest absolute Gasteiger partial charge is 0.388 e. The third-order valence-electron chi connectivity index (χ3n) is 2.58. The average molecular weight is 258 g/mol. The van der Waals surface area contributed by atoms with E-state index < -0.39 is 0 Å². The van der Waals surface area contributed by atoms with E-state index in [1.807, 2.05) is 37.5 Å². The number of hydrogen-bond acceptors (Lipinski definition) is 4. The highest BCUT2D eigenvalue weighted by Crippen LogP contribution is 2.15. The van der Waals surface area contributed by atoms with E-state index in [0.717, 1.165) is 17.8 Å². The Balaban J connectivity index is 2.16. The van der Waals surface area contributed by atoms with E-state index in [-0.39, 0.29) is 0 Å². The van der Waals surface area contributed by atoms with Gasteiger partial charge < -0.3 is 10.6 Å². The molecule has 0 atom stereocenters. The van der Waals surface area contributed by atoms with E-state index in [2.05, 4.69) is 14.9 Å². The van der Waals surface area contributed by atoms with Crippen molar-refractivity contribution in [3.8, 4) is 0 Å². The van der Waals surface area contributed by atoms with Crippen molar-refractivity contribution in [1.29, 1.82) is 0 Å². The van der Waals surface area contributed by atoms with Crippen molar-refractivity contribution in [3.05, 3.63) is 54.1 Å². The molecule has 0 aromatic carbocycles. The Hall–Kier alpha value is -2.01. The molecule has 92 valence electrons. The zero-order valence-corrected chi connectivity index (χ0v) is 10.9. The molecule has 2 N–H and O–H groups in total. The van der Waals surface area contributed by atoms with Crippen LogP contribution in [-0.4, -0.2) is 22.0 Å². The van der Waals surface area contributed by atoms with Crippen LogP contribution in [0.5, 0.6) is 0 Å². The predicted molar refractivity (Wildman–Crippen MR) is 76.5 cm³/mol. The minimum atomic E-state index is 0.312. The smallest absolute Gasteiger partial charge is 0.122 e. The van der Waals surface area contributed by atoms with Gasteiger partial charge in [0.1, 0.15) is 4.99 Å². The summed E-state index contributed by atoms with van der Waals surface area (Å²) >= 11 is 4.92. The maximum atomic E-state index is 5.58. The Morgan fingerprint density at radius 1 is 1.39 bits per heavy atom. The molecule has 0 radical (unpaired) electrons. The normalized spacial score (nSPS) is 10.1. The van der Waals surface area contributed by atoms with E-state index in [1.54, 1.807) is 12.4 Å². The van der Waals surface area contributed by atoms with Crippen LogP contribution in [0.1, 0.15) is 11.3 Å². The lowest BCUT2D eigenvalue weighted by Crippen LogP contribution is -2.18. The van der Waals surface area contributed by atoms with Crippen molar-refractivity contribution in [2.24, 2.45) is 5.73 Å². The Labute approximate surface area is 111 Å². The minimum Gasteiger partial charge on any atom is -0.388 e. The molecular weight excluding hydrogens is 244 g/mol. The molecule has 2 aromatic rings. The van der Waals surface area contributed by atoms with Gasteiger partial charge >= 0.3 is 0 Å². The summed E-state index contributed by atoms with van der Waals surface area (Å²) in [6, 6.07) is 7.78. The summed E-state index contributed by atoms with van der Waals surface area (Å²) in [5, 5.41) is 0. The first kappa shape index (κ1) is 12.4. The number of aromatic nitrogens is 2. The minimum absolute atomic E-state index is 0.312. The molecule has 0 amide bonds. The molecular formula is C13H14N4S. The average Bonchev–Trinajstić information content (AvgIpc) is 2.40. The topological polar surface area (TPSA) is 55.0 Å². The van der Waals surface area contributed by atoms with Crippen molar-refractivity contribution in [2.75, 3.05) is 11.9 Å². The van der Waals surface area contributed by atoms with Gasteiger partial charge in [-0.15, -0.1) is 0 Å². The third-order valence-corrected chi connectivity index (χ3v) is 2.79. The van der Waals surface area contributed by atoms with Crippen LogP contribution in [0.25, 0.3) is 0 Å². The van der Waals surface area contributed by atoms with Crippen LogP contribution in [0.3, 0.4) is 0 Å². The van der Waals surface area contributed by atoms with Gasteiger partial charge in [-0.05, 0) is 23.8 Å². The molecule has 0 aliphatic heterocycles. The molecule has 0 bridgehead atoms. The molecule has 2 aromatic heterocycles. The van der Waals surface area contributed by atoms with E-state index in [0.29, 0.717) is 10.7 Å². The van der Waals surface area contributed by atoms with Crippen molar-refractivity contribution < 1.29 is 0 Å². The lowest BCUT2D eigenvalue weighted by molar-refractivity contribution is 0.912. The standard InChI is InChI=1S/C13H14N4S/c1-17(9-10-3-2-5-15-8-10)11-4-6-16-12(7-11)13(14)18/h2-8H,9H2,1H3,(H2,14,18). The molecule has 0 saturated heterocycles. The fourth-order valence-electron chi connectivity index (χ4n) is 1.65. The quantitative estimate of drug-likeness (QED) is 0.847. The van der Waals surface area contributed by atoms with Crippen molar-refractivity contribution in [2.45, 2.75) is 6.54 Å². The highest BCUT2D eigenvalue weighted by molar-refractivity contribution is 7.80. The second-order valence-electron chi connectivity index (χ2n) is 3.98. The molecule has 0 fully saturated rings. The van der Waals surface area contributed by atoms with Gasteiger partial charge in [0, 0.05) is 37.9 Å². The molecule has 0 saturated carbocycles. The molecule has 4 nitrogen and oxygen atoms in total. The number of anilines is 1. The molecule has 0 aliphatic rings. The number of nitrogens with zero attached hydrogens (tertiary/aromatic N) is 3. The van der Waals surface area contributed by atoms with Crippen LogP contribution in [0, 0.1) is 0 Å². The SMILES string of the molecule is CN(Cc1cccnc1)c1ccnc(C(N)=S)c1. The van der Waals surface area contributed by atoms with Crippen LogP contribution in [0.15, 0.2) is 42.9 Å². The van der Waals surface area contributed by atoms with E-state index in [4.69, 9.17) is 18.0 Å². The molecule has 2 rings (SSSR count). The summed E-state index contributed by atoms with van der Waals surface area (Å²) in [4.78, 5) is 10.6. The summed E-state index contributed by atoms with van der Waals surface area (Å²) in [5.41, 5.74) is 8.39. The number of pyridine rings is 2. The summed E-state index contributed by atoms with van der Waals surface area (Å²) in [6.07, 6.45) is 5.33. The first-order valence-electron chi connectivity index (χ1n) is 5.52. The Kier molecular flexibility index (Phi) is 3.84. The Bertz CT molecular complexity index is 542. The molecule has 0 unspecified atom stereocenters. The van der Waals surface area contributed by atoms with Crippen LogP contribution in [-0.2, 0) is 6.54 Å². The highest BCUT2D eigenvalue weighted by Gasteiger charge is 2.05. The number of nitrogens with two attached hydrogens (primary N) is 1. The maximum Gasteiger partial charge on any atom is 0.122 e. The lowest BCUT2D eigenvalue weighted by atomic mass is 10.2. The van der Waals surface area contributed by atoms with Gasteiger partial charge in [-0.2, -0.15) is 0 Å². The number of rotatable bonds is 4. The van der Waals surface area contributed by atoms with E-state index >= 15 is 0 Å². The maximum absolute atomic E-state index is 5.58. The molecule has 0 spiro atoms. The monoisotopic (exact) mass is 258 g/mol. The first-order valence-corrected chi connectivity index (χ1v) is 5.93. The molecule has 0 aliphatic carbocycles. The summed E-state index contributed by atoms with van der Waals surface area (Å²) in [7, 11) is 2.01. The van der Waals surface area contributed by atoms with Crippen LogP contribution in [0.4, 0.5) is 5.69 Å². The van der Waals surface area contributed by atoms with Crippen LogP contribution < -0.4 is 10.6 Å². The van der Waals surface area contributed by atoms with Gasteiger partial charge in [0.05, 0.1) is 5.69 Å². The summed E-state index contributed by atoms with van der Waals surface area (Å²) in [6.45, 7) is 0.772. The summed E-state index contributed by atoms with van der Waals surface area (Å²) < 4.78 is 0. The number of hydrogen-bond donors (Lipinski definition) is 1. The van der Waals surface area contributed by atoms with Crippen LogP contribution >= 0.6 is 12.2 Å². The highest BCUT2D eigenvalue weighted by atomic mass is 32.1. The second-order valence-corrected chi connectivity index (χ2v) is 4.42. The number of thiocarbonyl (C=S) groups is 1. The van der Waals surface area contributed by atoms with E-state index in [1.165, 1.54) is 0 Å². The van der Waals surface area contributed by atoms with Gasteiger partial charge in [0.25, 0.3) is 0 Å². The third kappa shape index (κ3) is 3.01. The first-order chi connectivity index (χ1) is 8.66. The van der Waals surface area contributed by atoms with E-state index in [9.17, 15) is 0 Å². The van der Waals surface area contributed by atoms with Crippen molar-refractivity contribution in [3.63, 3.8) is 0 Å². The Morgan fingerprint density at radius 2 is 2.22 bits per heavy atom. The summed E-state index contributed by atoms with van der Waals surface area (Å²) in [5.74, 6) is 0. The zero-order valence-electron chi connectivity index (χ0n) is 10.1. The zero-order chi connectivity index (χ0) is 13.0. The Morgan fingerprint density at radius 3 is 2.89 bits per heavy atom. The predicted octanol–water partition coefficient (Wildman–Crippen LogP) is 1.75. The van der Waals surface area contributed by atoms with Gasteiger partial charge in [0.2, 0.25) is 0 Å². The molecule has 5 heteroatoms. The van der Waals surface area contributed by atoms with Gasteiger partial charge in [0.15, 0.2) is 0 Å². The molecule has 18 heavy (non-hydrogen) atoms. The van der Waals surface area contributed by atoms with Gasteiger partial charge in [-0.25, -0.2) is 0 Å². The lowest BCUT2D eigenvalue weighted by Gasteiger charge is -2.19. The second kappa shape index (κ2) is 5.55. The molecule has 2 heterocycles. The fourth-order valence-corrected chi connectivity index (χ4v) is 1.76. The van der Waals surface area contributed by atoms with Crippen LogP contribution in [0.2, 0.25) is 0 Å². The van der Waals surface area contributed by atoms with Gasteiger partial charge in [-0.3, -0.25) is 9.97 Å². The van der Waals surface area contributed by atoms with Gasteiger partial charge in [-0.1, -0.05) is 18.3 Å². The van der Waals surface area contributed by atoms with Crippen molar-refractivity contribution in [1.82, 2.24) is 9.97 Å². The fraction of sp³-hybridized carbons (Fsp3) is 0.154.